The molecule has 0 saturated carbocycles. The molecule has 2 aromatic rings. The van der Waals surface area contributed by atoms with Gasteiger partial charge in [-0.1, -0.05) is 87.5 Å². The zero-order valence-corrected chi connectivity index (χ0v) is 17.8. The van der Waals surface area contributed by atoms with Crippen LogP contribution in [0.1, 0.15) is 40.0 Å². The highest BCUT2D eigenvalue weighted by atomic mass is 28.4. The van der Waals surface area contributed by atoms with Gasteiger partial charge in [0, 0.05) is 12.2 Å². The summed E-state index contributed by atoms with van der Waals surface area (Å²) in [6.07, 6.45) is 6.06. The smallest absolute Gasteiger partial charge is 0.261 e. The molecule has 2 heterocycles. The molecule has 0 aliphatic carbocycles. The Kier molecular flexibility index (Phi) is 5.00. The lowest BCUT2D eigenvalue weighted by Crippen LogP contribution is -2.67. The third kappa shape index (κ3) is 3.28. The normalized spacial score (nSPS) is 19.9. The van der Waals surface area contributed by atoms with E-state index in [0.717, 1.165) is 6.61 Å². The van der Waals surface area contributed by atoms with Gasteiger partial charge in [-0.05, 0) is 34.7 Å². The van der Waals surface area contributed by atoms with Gasteiger partial charge in [-0.3, -0.25) is 0 Å². The molecule has 0 amide bonds. The molecule has 4 rings (SSSR count). The van der Waals surface area contributed by atoms with Crippen LogP contribution in [0.25, 0.3) is 0 Å². The van der Waals surface area contributed by atoms with Crippen molar-refractivity contribution in [1.82, 2.24) is 4.90 Å². The fourth-order valence-electron chi connectivity index (χ4n) is 4.92. The quantitative estimate of drug-likeness (QED) is 0.720. The Morgan fingerprint density at radius 1 is 0.963 bits per heavy atom. The largest absolute Gasteiger partial charge is 0.405 e. The summed E-state index contributed by atoms with van der Waals surface area (Å²) >= 11 is 0. The number of hydrogen-bond donors (Lipinski definition) is 0. The number of benzene rings is 2. The summed E-state index contributed by atoms with van der Waals surface area (Å²) in [6.45, 7) is 9.06. The van der Waals surface area contributed by atoms with E-state index in [2.05, 4.69) is 92.4 Å². The molecule has 0 radical (unpaired) electrons. The predicted molar refractivity (Wildman–Crippen MR) is 116 cm³/mol. The van der Waals surface area contributed by atoms with Gasteiger partial charge in [0.2, 0.25) is 0 Å². The number of rotatable bonds is 5. The Labute approximate surface area is 165 Å². The second-order valence-electron chi connectivity index (χ2n) is 8.84. The van der Waals surface area contributed by atoms with E-state index >= 15 is 0 Å². The highest BCUT2D eigenvalue weighted by Gasteiger charge is 2.50. The fourth-order valence-corrected chi connectivity index (χ4v) is 9.52. The van der Waals surface area contributed by atoms with Crippen molar-refractivity contribution in [2.24, 2.45) is 0 Å². The SMILES string of the molecule is CC(C)(C)[Si](OC[C@H]1CCC2=CCCN21)(c1ccccc1)c1ccccc1. The molecule has 1 atom stereocenters. The van der Waals surface area contributed by atoms with Crippen LogP contribution in [0.2, 0.25) is 5.04 Å². The van der Waals surface area contributed by atoms with Crippen molar-refractivity contribution in [3.05, 3.63) is 72.4 Å². The zero-order valence-electron chi connectivity index (χ0n) is 16.8. The molecular weight excluding hydrogens is 346 g/mol. The highest BCUT2D eigenvalue weighted by molar-refractivity contribution is 6.99. The second-order valence-corrected chi connectivity index (χ2v) is 13.2. The summed E-state index contributed by atoms with van der Waals surface area (Å²) in [5.41, 5.74) is 1.55. The van der Waals surface area contributed by atoms with Crippen LogP contribution in [0.3, 0.4) is 0 Å². The lowest BCUT2D eigenvalue weighted by Gasteiger charge is -2.44. The van der Waals surface area contributed by atoms with E-state index < -0.39 is 8.32 Å². The second kappa shape index (κ2) is 7.29. The van der Waals surface area contributed by atoms with Crippen LogP contribution >= 0.6 is 0 Å². The van der Waals surface area contributed by atoms with Crippen molar-refractivity contribution >= 4 is 18.7 Å². The first-order valence-electron chi connectivity index (χ1n) is 10.2. The minimum Gasteiger partial charge on any atom is -0.405 e. The van der Waals surface area contributed by atoms with E-state index in [0.29, 0.717) is 6.04 Å². The molecule has 27 heavy (non-hydrogen) atoms. The van der Waals surface area contributed by atoms with Gasteiger partial charge in [0.05, 0.1) is 12.6 Å². The van der Waals surface area contributed by atoms with Crippen LogP contribution in [0.4, 0.5) is 0 Å². The highest BCUT2D eigenvalue weighted by Crippen LogP contribution is 2.38. The Hall–Kier alpha value is -1.84. The van der Waals surface area contributed by atoms with E-state index in [-0.39, 0.29) is 5.04 Å². The minimum absolute atomic E-state index is 0.0536. The predicted octanol–water partition coefficient (Wildman–Crippen LogP) is 4.32. The molecule has 142 valence electrons. The maximum atomic E-state index is 7.13. The van der Waals surface area contributed by atoms with Gasteiger partial charge < -0.3 is 9.33 Å². The molecule has 2 aromatic carbocycles. The van der Waals surface area contributed by atoms with Crippen LogP contribution in [-0.2, 0) is 4.43 Å². The number of fused-ring (bicyclic) bond motifs is 1. The summed E-state index contributed by atoms with van der Waals surface area (Å²) in [5.74, 6) is 0. The molecular formula is C24H31NOSi. The molecule has 0 unspecified atom stereocenters. The lowest BCUT2D eigenvalue weighted by molar-refractivity contribution is 0.190. The summed E-state index contributed by atoms with van der Waals surface area (Å²) in [5, 5.41) is 2.80. The van der Waals surface area contributed by atoms with Gasteiger partial charge in [0.25, 0.3) is 8.32 Å². The Morgan fingerprint density at radius 2 is 1.56 bits per heavy atom. The molecule has 3 heteroatoms. The van der Waals surface area contributed by atoms with Crippen LogP contribution in [0.15, 0.2) is 72.4 Å². The fraction of sp³-hybridized carbons (Fsp3) is 0.417. The van der Waals surface area contributed by atoms with Gasteiger partial charge in [-0.15, -0.1) is 0 Å². The Balaban J connectivity index is 1.72. The summed E-state index contributed by atoms with van der Waals surface area (Å²) in [4.78, 5) is 2.60. The molecule has 2 aliphatic heterocycles. The zero-order chi connectivity index (χ0) is 18.9. The first kappa shape index (κ1) is 18.5. The van der Waals surface area contributed by atoms with E-state index in [9.17, 15) is 0 Å². The summed E-state index contributed by atoms with van der Waals surface area (Å²) in [6, 6.07) is 22.5. The van der Waals surface area contributed by atoms with E-state index in [1.54, 1.807) is 5.70 Å². The molecule has 0 spiro atoms. The maximum absolute atomic E-state index is 7.13. The summed E-state index contributed by atoms with van der Waals surface area (Å²) < 4.78 is 7.13. The molecule has 2 nitrogen and oxygen atoms in total. The first-order chi connectivity index (χ1) is 13.0. The van der Waals surface area contributed by atoms with Gasteiger partial charge in [0.15, 0.2) is 0 Å². The van der Waals surface area contributed by atoms with Gasteiger partial charge in [-0.2, -0.15) is 0 Å². The molecule has 0 bridgehead atoms. The van der Waals surface area contributed by atoms with Gasteiger partial charge in [-0.25, -0.2) is 0 Å². The van der Waals surface area contributed by atoms with E-state index in [1.807, 2.05) is 0 Å². The maximum Gasteiger partial charge on any atom is 0.261 e. The number of hydrogen-bond acceptors (Lipinski definition) is 2. The monoisotopic (exact) mass is 377 g/mol. The van der Waals surface area contributed by atoms with Crippen LogP contribution in [-0.4, -0.2) is 32.4 Å². The van der Waals surface area contributed by atoms with Crippen LogP contribution in [0, 0.1) is 0 Å². The average Bonchev–Trinajstić information content (AvgIpc) is 3.27. The van der Waals surface area contributed by atoms with Crippen molar-refractivity contribution < 1.29 is 4.43 Å². The van der Waals surface area contributed by atoms with E-state index in [4.69, 9.17) is 4.43 Å². The van der Waals surface area contributed by atoms with Gasteiger partial charge in [0.1, 0.15) is 0 Å². The van der Waals surface area contributed by atoms with Crippen LogP contribution < -0.4 is 10.4 Å². The third-order valence-electron chi connectivity index (χ3n) is 6.20. The standard InChI is InChI=1S/C24H31NOSi/c1-24(2,3)27(22-12-6-4-7-13-22,23-14-8-5-9-15-23)26-19-21-17-16-20-11-10-18-25(20)21/h4-9,11-15,21H,10,16-19H2,1-3H3/t21-/m1/s1. The molecule has 1 saturated heterocycles. The molecule has 1 fully saturated rings. The molecule has 2 aliphatic rings. The van der Waals surface area contributed by atoms with Crippen LogP contribution in [0.5, 0.6) is 0 Å². The van der Waals surface area contributed by atoms with Crippen molar-refractivity contribution in [3.63, 3.8) is 0 Å². The average molecular weight is 378 g/mol. The minimum atomic E-state index is -2.41. The Bertz CT molecular complexity index is 755. The molecule has 0 N–H and O–H groups in total. The third-order valence-corrected chi connectivity index (χ3v) is 11.2. The lowest BCUT2D eigenvalue weighted by atomic mass is 10.2. The number of nitrogens with zero attached hydrogens (tertiary/aromatic N) is 1. The van der Waals surface area contributed by atoms with Crippen molar-refractivity contribution in [2.75, 3.05) is 13.2 Å². The van der Waals surface area contributed by atoms with E-state index in [1.165, 1.54) is 36.2 Å². The van der Waals surface area contributed by atoms with Crippen molar-refractivity contribution in [2.45, 2.75) is 51.1 Å². The van der Waals surface area contributed by atoms with Crippen molar-refractivity contribution in [3.8, 4) is 0 Å². The number of allylic oxidation sites excluding steroid dienone is 1. The first-order valence-corrected chi connectivity index (χ1v) is 12.1. The molecule has 0 aromatic heterocycles. The topological polar surface area (TPSA) is 12.5 Å². The summed E-state index contributed by atoms with van der Waals surface area (Å²) in [7, 11) is -2.41. The Morgan fingerprint density at radius 3 is 2.11 bits per heavy atom. The van der Waals surface area contributed by atoms with Crippen molar-refractivity contribution in [1.29, 1.82) is 0 Å². The van der Waals surface area contributed by atoms with Gasteiger partial charge >= 0.3 is 0 Å².